The molecule has 0 aromatic heterocycles. The van der Waals surface area contributed by atoms with Crippen LogP contribution in [0.25, 0.3) is 0 Å². The number of nitriles is 1. The van der Waals surface area contributed by atoms with Gasteiger partial charge in [0.15, 0.2) is 0 Å². The Hall–Kier alpha value is -2.93. The highest BCUT2D eigenvalue weighted by Crippen LogP contribution is 2.49. The van der Waals surface area contributed by atoms with Crippen LogP contribution in [0.1, 0.15) is 45.4 Å². The summed E-state index contributed by atoms with van der Waals surface area (Å²) in [5.41, 5.74) is 0.590. The molecular formula is C25H30ClF2N5O3. The fourth-order valence-corrected chi connectivity index (χ4v) is 5.87. The summed E-state index contributed by atoms with van der Waals surface area (Å²) in [7, 11) is 0. The Kier molecular flexibility index (Phi) is 7.69. The number of rotatable bonds is 7. The number of amides is 3. The maximum atomic E-state index is 14.9. The van der Waals surface area contributed by atoms with Gasteiger partial charge < -0.3 is 20.9 Å². The van der Waals surface area contributed by atoms with Gasteiger partial charge in [-0.05, 0) is 57.2 Å². The van der Waals surface area contributed by atoms with Gasteiger partial charge in [-0.15, -0.1) is 0 Å². The molecule has 3 heterocycles. The van der Waals surface area contributed by atoms with Crippen LogP contribution >= 0.6 is 11.6 Å². The molecule has 8 nitrogen and oxygen atoms in total. The van der Waals surface area contributed by atoms with Crippen molar-refractivity contribution in [3.05, 3.63) is 29.3 Å². The van der Waals surface area contributed by atoms with E-state index in [4.69, 9.17) is 11.6 Å². The van der Waals surface area contributed by atoms with Gasteiger partial charge in [-0.3, -0.25) is 14.4 Å². The Labute approximate surface area is 213 Å². The van der Waals surface area contributed by atoms with Crippen LogP contribution in [0, 0.1) is 23.2 Å². The molecule has 6 atom stereocenters. The minimum atomic E-state index is -3.10. The maximum Gasteiger partial charge on any atom is 0.255 e. The van der Waals surface area contributed by atoms with Crippen LogP contribution in [0.4, 0.5) is 14.5 Å². The van der Waals surface area contributed by atoms with Gasteiger partial charge in [0.25, 0.3) is 5.92 Å². The van der Waals surface area contributed by atoms with Crippen molar-refractivity contribution >= 4 is 35.0 Å². The zero-order chi connectivity index (χ0) is 26.0. The van der Waals surface area contributed by atoms with Crippen LogP contribution < -0.4 is 16.0 Å². The van der Waals surface area contributed by atoms with Crippen molar-refractivity contribution in [3.8, 4) is 6.07 Å². The topological polar surface area (TPSA) is 114 Å². The van der Waals surface area contributed by atoms with Crippen molar-refractivity contribution in [1.29, 1.82) is 5.26 Å². The van der Waals surface area contributed by atoms with Crippen molar-refractivity contribution in [1.82, 2.24) is 15.5 Å². The Morgan fingerprint density at radius 1 is 1.33 bits per heavy atom. The molecule has 194 valence electrons. The monoisotopic (exact) mass is 521 g/mol. The summed E-state index contributed by atoms with van der Waals surface area (Å²) in [6.07, 6.45) is 1.43. The SMILES string of the molecule is C[C@H](Nc1cccc(Cl)c1)C(=O)N1[C@@H]2CC[C@H]([C@H]1C(=O)N[C@H](C#N)C[C@H]1CCCNC1=O)C(F)(F)C2. The van der Waals surface area contributed by atoms with Gasteiger partial charge in [-0.2, -0.15) is 5.26 Å². The molecule has 1 aromatic carbocycles. The summed E-state index contributed by atoms with van der Waals surface area (Å²) in [6, 6.07) is 4.74. The predicted molar refractivity (Wildman–Crippen MR) is 129 cm³/mol. The van der Waals surface area contributed by atoms with E-state index >= 15 is 0 Å². The lowest BCUT2D eigenvalue weighted by molar-refractivity contribution is -0.194. The summed E-state index contributed by atoms with van der Waals surface area (Å²) in [5.74, 6) is -6.32. The second kappa shape index (κ2) is 10.6. The lowest BCUT2D eigenvalue weighted by Crippen LogP contribution is -2.70. The fraction of sp³-hybridized carbons (Fsp3) is 0.600. The molecule has 4 aliphatic rings. The van der Waals surface area contributed by atoms with Gasteiger partial charge in [0.05, 0.1) is 12.0 Å². The van der Waals surface area contributed by atoms with Crippen molar-refractivity contribution in [2.24, 2.45) is 11.8 Å². The van der Waals surface area contributed by atoms with E-state index in [1.54, 1.807) is 31.2 Å². The predicted octanol–water partition coefficient (Wildman–Crippen LogP) is 3.08. The molecule has 0 unspecified atom stereocenters. The number of carbonyl (C=O) groups is 3. The second-order valence-electron chi connectivity index (χ2n) is 9.93. The lowest BCUT2D eigenvalue weighted by Gasteiger charge is -2.54. The molecule has 4 fully saturated rings. The molecule has 3 saturated heterocycles. The first kappa shape index (κ1) is 26.1. The number of fused-ring (bicyclic) bond motifs is 3. The minimum Gasteiger partial charge on any atom is -0.374 e. The Bertz CT molecular complexity index is 1060. The molecule has 2 bridgehead atoms. The van der Waals surface area contributed by atoms with E-state index in [0.29, 0.717) is 30.1 Å². The van der Waals surface area contributed by atoms with E-state index in [9.17, 15) is 28.4 Å². The normalized spacial score (nSPS) is 28.4. The molecule has 36 heavy (non-hydrogen) atoms. The van der Waals surface area contributed by atoms with E-state index in [1.807, 2.05) is 6.07 Å². The fourth-order valence-electron chi connectivity index (χ4n) is 5.68. The summed E-state index contributed by atoms with van der Waals surface area (Å²) in [6.45, 7) is 2.18. The highest BCUT2D eigenvalue weighted by atomic mass is 35.5. The van der Waals surface area contributed by atoms with E-state index in [0.717, 1.165) is 6.42 Å². The summed E-state index contributed by atoms with van der Waals surface area (Å²) >= 11 is 6.02. The molecular weight excluding hydrogens is 492 g/mol. The Balaban J connectivity index is 1.52. The maximum absolute atomic E-state index is 14.9. The molecule has 0 radical (unpaired) electrons. The van der Waals surface area contributed by atoms with Crippen molar-refractivity contribution < 1.29 is 23.2 Å². The van der Waals surface area contributed by atoms with E-state index < -0.39 is 60.2 Å². The number of hydrogen-bond donors (Lipinski definition) is 3. The number of nitrogens with one attached hydrogen (secondary N) is 3. The number of benzene rings is 1. The average molecular weight is 522 g/mol. The highest BCUT2D eigenvalue weighted by Gasteiger charge is 2.60. The van der Waals surface area contributed by atoms with Crippen LogP contribution in [0.3, 0.4) is 0 Å². The van der Waals surface area contributed by atoms with E-state index in [-0.39, 0.29) is 18.7 Å². The third-order valence-electron chi connectivity index (χ3n) is 7.43. The van der Waals surface area contributed by atoms with Gasteiger partial charge in [-0.25, -0.2) is 8.78 Å². The molecule has 11 heteroatoms. The number of hydrogen-bond acceptors (Lipinski definition) is 5. The largest absolute Gasteiger partial charge is 0.374 e. The first-order chi connectivity index (χ1) is 17.1. The smallest absolute Gasteiger partial charge is 0.255 e. The van der Waals surface area contributed by atoms with Crippen molar-refractivity contribution in [2.75, 3.05) is 11.9 Å². The third-order valence-corrected chi connectivity index (χ3v) is 7.66. The molecule has 3 amide bonds. The van der Waals surface area contributed by atoms with Crippen LogP contribution in [0.5, 0.6) is 0 Å². The first-order valence-electron chi connectivity index (χ1n) is 12.3. The van der Waals surface area contributed by atoms with Gasteiger partial charge in [0.2, 0.25) is 17.7 Å². The van der Waals surface area contributed by atoms with Crippen LogP contribution in [-0.4, -0.2) is 59.3 Å². The Morgan fingerprint density at radius 3 is 2.78 bits per heavy atom. The molecule has 3 N–H and O–H groups in total. The molecule has 0 spiro atoms. The molecule has 5 rings (SSSR count). The number of piperidine rings is 3. The minimum absolute atomic E-state index is 0.0892. The van der Waals surface area contributed by atoms with Gasteiger partial charge >= 0.3 is 0 Å². The van der Waals surface area contributed by atoms with Gasteiger partial charge in [0, 0.05) is 35.6 Å². The van der Waals surface area contributed by atoms with E-state index in [2.05, 4.69) is 16.0 Å². The lowest BCUT2D eigenvalue weighted by atomic mass is 9.71. The van der Waals surface area contributed by atoms with Crippen molar-refractivity contribution in [3.63, 3.8) is 0 Å². The van der Waals surface area contributed by atoms with E-state index in [1.165, 1.54) is 4.90 Å². The number of carbonyl (C=O) groups excluding carboxylic acids is 3. The van der Waals surface area contributed by atoms with Crippen molar-refractivity contribution in [2.45, 2.75) is 75.5 Å². The zero-order valence-electron chi connectivity index (χ0n) is 20.0. The number of nitrogens with zero attached hydrogens (tertiary/aromatic N) is 2. The van der Waals surface area contributed by atoms with Crippen LogP contribution in [0.2, 0.25) is 5.02 Å². The summed E-state index contributed by atoms with van der Waals surface area (Å²) < 4.78 is 29.8. The quantitative estimate of drug-likeness (QED) is 0.510. The summed E-state index contributed by atoms with van der Waals surface area (Å²) in [4.78, 5) is 40.3. The molecule has 1 aromatic rings. The number of alkyl halides is 2. The van der Waals surface area contributed by atoms with Crippen LogP contribution in [-0.2, 0) is 14.4 Å². The molecule has 1 aliphatic carbocycles. The number of halogens is 3. The van der Waals surface area contributed by atoms with Gasteiger partial charge in [-0.1, -0.05) is 17.7 Å². The second-order valence-corrected chi connectivity index (χ2v) is 10.4. The van der Waals surface area contributed by atoms with Gasteiger partial charge in [0.1, 0.15) is 18.1 Å². The van der Waals surface area contributed by atoms with Crippen LogP contribution in [0.15, 0.2) is 24.3 Å². The Morgan fingerprint density at radius 2 is 2.11 bits per heavy atom. The first-order valence-corrected chi connectivity index (χ1v) is 12.7. The summed E-state index contributed by atoms with van der Waals surface area (Å²) in [5, 5.41) is 18.4. The third kappa shape index (κ3) is 5.41. The zero-order valence-corrected chi connectivity index (χ0v) is 20.7. The standard InChI is InChI=1S/C25H30ClF2N5O3/c1-14(31-17-6-2-5-16(26)11-17)24(36)33-19-7-8-20(25(27,28)12-19)21(33)23(35)32-18(13-29)10-15-4-3-9-30-22(15)34/h2,5-6,11,14-15,18-21,31H,3-4,7-10,12H2,1H3,(H,30,34)(H,32,35)/t14-,15+,18-,19+,20+,21-/m0/s1. The molecule has 3 aliphatic heterocycles. The highest BCUT2D eigenvalue weighted by molar-refractivity contribution is 6.30. The molecule has 1 saturated carbocycles. The average Bonchev–Trinajstić information content (AvgIpc) is 2.83. The number of anilines is 1.